The molecule has 20 nitrogen and oxygen atoms in total. The number of nitrogen functional groups attached to an aromatic ring is 4. The number of hydrogen-bond acceptors (Lipinski definition) is 20. The van der Waals surface area contributed by atoms with Crippen molar-refractivity contribution in [2.45, 2.75) is 108 Å². The van der Waals surface area contributed by atoms with Gasteiger partial charge in [0.25, 0.3) is 0 Å². The zero-order chi connectivity index (χ0) is 54.4. The van der Waals surface area contributed by atoms with E-state index in [1.54, 1.807) is 40.8 Å². The monoisotopic (exact) mass is 1160 g/mol. The molecule has 0 unspecified atom stereocenters. The first-order chi connectivity index (χ1) is 33.4. The number of ether oxygens (including phenoxy) is 1. The number of nitrogens with two attached hydrogens (primary N) is 4. The van der Waals surface area contributed by atoms with Crippen LogP contribution in [0.1, 0.15) is 95.4 Å². The Morgan fingerprint density at radius 2 is 1.23 bits per heavy atom. The van der Waals surface area contributed by atoms with Crippen molar-refractivity contribution in [3.05, 3.63) is 76.4 Å². The molecule has 0 atom stereocenters. The Bertz CT molecular complexity index is 2710. The summed E-state index contributed by atoms with van der Waals surface area (Å²) in [7, 11) is 3.15. The Labute approximate surface area is 446 Å². The molecule has 0 amide bonds. The summed E-state index contributed by atoms with van der Waals surface area (Å²) in [4.78, 5) is 34.9. The SMILES string of the molecule is C.C.C.C.CC1(C)OB(c2cnc(N)nc2C(F)(F)F)OC1(C)C.Cc1nc(N)ncc1-c1nc(N2CCOCC2)c2cccn2n1.Nc1ncc(Br)c(C(F)(F)F)n1.Nc1nccc(C(F)(F)F)n1.[2H]CC.[B]=NS. The van der Waals surface area contributed by atoms with Gasteiger partial charge in [-0.05, 0) is 68.7 Å². The maximum absolute atomic E-state index is 13.0. The van der Waals surface area contributed by atoms with Crippen LogP contribution in [0.15, 0.2) is 58.0 Å². The van der Waals surface area contributed by atoms with Crippen LogP contribution in [0.25, 0.3) is 16.9 Å². The maximum atomic E-state index is 13.0. The number of rotatable bonds is 3. The number of nitrogens with zero attached hydrogens (tertiary/aromatic N) is 13. The van der Waals surface area contributed by atoms with Crippen molar-refractivity contribution in [3.63, 3.8) is 0 Å². The van der Waals surface area contributed by atoms with E-state index < -0.39 is 65.8 Å². The number of alkyl halides is 9. The third-order valence-corrected chi connectivity index (χ3v) is 10.1. The van der Waals surface area contributed by atoms with Gasteiger partial charge in [-0.3, -0.25) is 0 Å². The van der Waals surface area contributed by atoms with Gasteiger partial charge in [0.15, 0.2) is 17.3 Å². The number of aryl methyl sites for hydroxylation is 1. The minimum atomic E-state index is -4.66. The summed E-state index contributed by atoms with van der Waals surface area (Å²) in [5.74, 6) is 0.525. The van der Waals surface area contributed by atoms with Crippen molar-refractivity contribution in [1.82, 2.24) is 54.5 Å². The van der Waals surface area contributed by atoms with Crippen molar-refractivity contribution in [2.75, 3.05) is 54.1 Å². The molecule has 1 radical (unpaired) electrons. The van der Waals surface area contributed by atoms with Gasteiger partial charge in [0.1, 0.15) is 16.9 Å². The van der Waals surface area contributed by atoms with Crippen LogP contribution in [0.4, 0.5) is 69.1 Å². The fraction of sp³-hybridized carbons (Fsp3) is 0.476. The Hall–Kier alpha value is -6.05. The van der Waals surface area contributed by atoms with Crippen molar-refractivity contribution >= 4 is 84.1 Å². The molecular weight excluding hydrogens is 1100 g/mol. The summed E-state index contributed by atoms with van der Waals surface area (Å²) in [5, 5.41) is 4.58. The standard InChI is InChI=1S/C15H17N7O.C11H15BF3N3O2.C5H3BrF3N3.C5H4F3N3.C2H6.4CH4.BHNS/c1-10-11(9-17-15(16)18-10)13-19-14(21-5-7-23-8-6-21)12-3-2-4-22(12)20-13;1-9(2)10(3,4)20-12(19-9)6-5-17-8(16)18-7(6)11(13,14)15;6-2-1-11-4(10)12-3(2)5(7,8)9;6-5(7,8)3-1-2-10-4(9)11-3;1-2;;;;;1-2-3/h2-4,9H,5-8H2,1H3,(H2,16,17,18);5H,1-4H3,(H2,16,17,18);1H,(H2,10,11,12);1-2H,(H2,9,10,11);1-2H3;4*1H4;3H/i;;;;1D;;;;;. The van der Waals surface area contributed by atoms with Gasteiger partial charge in [0.05, 0.1) is 40.1 Å². The van der Waals surface area contributed by atoms with Gasteiger partial charge in [-0.1, -0.05) is 43.5 Å². The summed E-state index contributed by atoms with van der Waals surface area (Å²) < 4.78 is 138. The van der Waals surface area contributed by atoms with Gasteiger partial charge in [-0.25, -0.2) is 49.4 Å². The molecule has 2 aliphatic heterocycles. The Balaban J connectivity index is 0. The summed E-state index contributed by atoms with van der Waals surface area (Å²) in [6, 6.07) is 4.74. The van der Waals surface area contributed by atoms with Gasteiger partial charge >= 0.3 is 50.4 Å². The van der Waals surface area contributed by atoms with Crippen LogP contribution in [-0.4, -0.2) is 107 Å². The number of aromatic nitrogens is 11. The number of thiol groups is 1. The van der Waals surface area contributed by atoms with E-state index in [0.717, 1.165) is 60.3 Å². The number of fused-ring (bicyclic) bond motifs is 1. The van der Waals surface area contributed by atoms with Gasteiger partial charge in [-0.2, -0.15) is 39.5 Å². The third-order valence-electron chi connectivity index (χ3n) is 9.53. The second kappa shape index (κ2) is 29.9. The van der Waals surface area contributed by atoms with Gasteiger partial charge in [0, 0.05) is 50.9 Å². The first-order valence-electron chi connectivity index (χ1n) is 20.8. The van der Waals surface area contributed by atoms with Crippen LogP contribution < -0.4 is 33.3 Å². The molecule has 0 aromatic carbocycles. The average Bonchev–Trinajstić information content (AvgIpc) is 3.84. The Morgan fingerprint density at radius 1 is 0.747 bits per heavy atom. The molecule has 2 aliphatic rings. The Morgan fingerprint density at radius 3 is 1.69 bits per heavy atom. The summed E-state index contributed by atoms with van der Waals surface area (Å²) in [5.41, 5.74) is 18.3. The molecule has 0 aliphatic carbocycles. The van der Waals surface area contributed by atoms with Gasteiger partial charge < -0.3 is 41.9 Å². The zero-order valence-corrected chi connectivity index (χ0v) is 40.9. The molecule has 0 saturated carbocycles. The molecule has 2 fully saturated rings. The number of hydrogen-bond donors (Lipinski definition) is 5. The summed E-state index contributed by atoms with van der Waals surface area (Å²) in [6.07, 6.45) is -7.10. The predicted octanol–water partition coefficient (Wildman–Crippen LogP) is 8.96. The van der Waals surface area contributed by atoms with E-state index >= 15 is 0 Å². The average molecular weight is 1160 g/mol. The van der Waals surface area contributed by atoms with E-state index in [9.17, 15) is 39.5 Å². The normalized spacial score (nSPS) is 14.3. The predicted molar refractivity (Wildman–Crippen MR) is 279 cm³/mol. The van der Waals surface area contributed by atoms with Crippen LogP contribution in [0.3, 0.4) is 0 Å². The number of halogens is 10. The molecule has 0 bridgehead atoms. The second-order valence-corrected chi connectivity index (χ2v) is 16.0. The van der Waals surface area contributed by atoms with Crippen LogP contribution in [0.5, 0.6) is 0 Å². The number of morpholine rings is 1. The molecule has 8 heterocycles. The third kappa shape index (κ3) is 19.9. The van der Waals surface area contributed by atoms with Crippen LogP contribution in [0, 0.1) is 6.92 Å². The van der Waals surface area contributed by atoms with E-state index in [1.807, 2.05) is 29.8 Å². The molecule has 6 aromatic rings. The quantitative estimate of drug-likeness (QED) is 0.0628. The van der Waals surface area contributed by atoms with Gasteiger partial charge in [0.2, 0.25) is 23.8 Å². The number of anilines is 5. The van der Waals surface area contributed by atoms with E-state index in [4.69, 9.17) is 43.3 Å². The van der Waals surface area contributed by atoms with E-state index in [1.165, 1.54) is 0 Å². The fourth-order valence-corrected chi connectivity index (χ4v) is 6.05. The van der Waals surface area contributed by atoms with Crippen molar-refractivity contribution in [3.8, 4) is 11.4 Å². The van der Waals surface area contributed by atoms with Crippen LogP contribution in [-0.2, 0) is 32.6 Å². The molecule has 6 aromatic heterocycles. The molecule has 75 heavy (non-hydrogen) atoms. The van der Waals surface area contributed by atoms with E-state index in [2.05, 4.69) is 90.6 Å². The summed E-state index contributed by atoms with van der Waals surface area (Å²) in [6.45, 7) is 14.2. The molecule has 33 heteroatoms. The fourth-order valence-electron chi connectivity index (χ4n) is 5.63. The van der Waals surface area contributed by atoms with E-state index in [0.29, 0.717) is 25.9 Å². The zero-order valence-electron chi connectivity index (χ0n) is 39.4. The molecule has 415 valence electrons. The van der Waals surface area contributed by atoms with Crippen molar-refractivity contribution < 1.29 is 54.9 Å². The van der Waals surface area contributed by atoms with Crippen molar-refractivity contribution in [2.24, 2.45) is 4.30 Å². The molecular formula is C42H62B2BrF9N17O3S. The molecule has 0 spiro atoms. The molecule has 2 saturated heterocycles. The Kier molecular flexibility index (Phi) is 27.5. The molecule has 8 rings (SSSR count). The molecule has 8 N–H and O–H groups in total. The van der Waals surface area contributed by atoms with Crippen LogP contribution >= 0.6 is 28.7 Å². The second-order valence-electron chi connectivity index (χ2n) is 14.9. The topological polar surface area (TPSA) is 281 Å². The van der Waals surface area contributed by atoms with Crippen molar-refractivity contribution in [1.29, 1.82) is 0 Å². The summed E-state index contributed by atoms with van der Waals surface area (Å²) >= 11 is 5.86. The van der Waals surface area contributed by atoms with Gasteiger partial charge in [-0.15, -0.1) is 5.10 Å². The van der Waals surface area contributed by atoms with Crippen LogP contribution in [0.2, 0.25) is 0 Å². The minimum absolute atomic E-state index is 0. The first-order valence-corrected chi connectivity index (χ1v) is 21.3. The van der Waals surface area contributed by atoms with E-state index in [-0.39, 0.29) is 51.5 Å². The first kappa shape index (κ1) is 68.9.